The van der Waals surface area contributed by atoms with Crippen LogP contribution in [0.4, 0.5) is 10.6 Å². The van der Waals surface area contributed by atoms with Crippen molar-refractivity contribution in [3.63, 3.8) is 0 Å². The molecule has 0 saturated heterocycles. The number of ether oxygens (including phenoxy) is 2. The molecule has 0 aliphatic heterocycles. The van der Waals surface area contributed by atoms with Crippen LogP contribution in [0.2, 0.25) is 0 Å². The lowest BCUT2D eigenvalue weighted by molar-refractivity contribution is 0.248. The third kappa shape index (κ3) is 6.23. The van der Waals surface area contributed by atoms with E-state index in [1.165, 1.54) is 5.56 Å². The fourth-order valence-corrected chi connectivity index (χ4v) is 3.81. The van der Waals surface area contributed by atoms with Crippen molar-refractivity contribution < 1.29 is 14.3 Å². The zero-order valence-corrected chi connectivity index (χ0v) is 20.1. The molecule has 2 heterocycles. The van der Waals surface area contributed by atoms with Crippen molar-refractivity contribution in [3.05, 3.63) is 72.4 Å². The van der Waals surface area contributed by atoms with Gasteiger partial charge in [-0.05, 0) is 56.0 Å². The van der Waals surface area contributed by atoms with Crippen LogP contribution in [0, 0.1) is 0 Å². The molecule has 2 N–H and O–H groups in total. The number of hydrogen-bond acceptors (Lipinski definition) is 6. The second-order valence-corrected chi connectivity index (χ2v) is 8.24. The van der Waals surface area contributed by atoms with Crippen molar-refractivity contribution in [1.82, 2.24) is 20.3 Å². The molecule has 8 nitrogen and oxygen atoms in total. The Balaban J connectivity index is 1.40. The highest BCUT2D eigenvalue weighted by atomic mass is 16.5. The number of nitrogens with one attached hydrogen (secondary N) is 2. The number of carbonyl (C=O) groups excluding carboxylic acids is 1. The summed E-state index contributed by atoms with van der Waals surface area (Å²) in [6.07, 6.45) is 4.53. The molecule has 35 heavy (non-hydrogen) atoms. The molecule has 0 aliphatic rings. The predicted octanol–water partition coefficient (Wildman–Crippen LogP) is 5.24. The minimum absolute atomic E-state index is 0.0353. The Kier molecular flexibility index (Phi) is 7.72. The van der Waals surface area contributed by atoms with Crippen LogP contribution in [0.25, 0.3) is 22.4 Å². The Morgan fingerprint density at radius 1 is 1.00 bits per heavy atom. The van der Waals surface area contributed by atoms with Gasteiger partial charge in [0.1, 0.15) is 22.8 Å². The summed E-state index contributed by atoms with van der Waals surface area (Å²) in [5, 5.41) is 5.77. The topological polar surface area (TPSA) is 98.3 Å². The van der Waals surface area contributed by atoms with Gasteiger partial charge < -0.3 is 14.8 Å². The second kappa shape index (κ2) is 11.3. The molecular formula is C27H29N5O3. The fraction of sp³-hybridized carbons (Fsp3) is 0.259. The number of amides is 2. The van der Waals surface area contributed by atoms with Gasteiger partial charge in [-0.15, -0.1) is 0 Å². The Bertz CT molecular complexity index is 1300. The lowest BCUT2D eigenvalue weighted by Gasteiger charge is -2.14. The molecule has 0 bridgehead atoms. The zero-order chi connectivity index (χ0) is 24.6. The molecule has 0 spiro atoms. The zero-order valence-electron chi connectivity index (χ0n) is 20.1. The van der Waals surface area contributed by atoms with Gasteiger partial charge in [0.2, 0.25) is 0 Å². The molecule has 0 aliphatic carbocycles. The molecule has 2 aromatic carbocycles. The van der Waals surface area contributed by atoms with Crippen LogP contribution in [0.5, 0.6) is 11.5 Å². The number of urea groups is 1. The van der Waals surface area contributed by atoms with Crippen LogP contribution in [-0.4, -0.2) is 41.2 Å². The summed E-state index contributed by atoms with van der Waals surface area (Å²) in [4.78, 5) is 26.1. The number of aromatic nitrogens is 3. The molecule has 1 unspecified atom stereocenters. The molecule has 4 rings (SSSR count). The summed E-state index contributed by atoms with van der Waals surface area (Å²) >= 11 is 0. The van der Waals surface area contributed by atoms with Crippen LogP contribution in [0.3, 0.4) is 0 Å². The summed E-state index contributed by atoms with van der Waals surface area (Å²) in [5.41, 5.74) is 3.73. The highest BCUT2D eigenvalue weighted by Crippen LogP contribution is 2.32. The monoisotopic (exact) mass is 471 g/mol. The van der Waals surface area contributed by atoms with Crippen molar-refractivity contribution in [2.75, 3.05) is 19.5 Å². The molecule has 8 heteroatoms. The maximum atomic E-state index is 12.5. The van der Waals surface area contributed by atoms with E-state index in [9.17, 15) is 4.79 Å². The fourth-order valence-electron chi connectivity index (χ4n) is 3.81. The number of anilines is 1. The number of fused-ring (bicyclic) bond motifs is 1. The number of hydrogen-bond donors (Lipinski definition) is 2. The van der Waals surface area contributed by atoms with Crippen molar-refractivity contribution in [1.29, 1.82) is 0 Å². The molecule has 4 aromatic rings. The highest BCUT2D eigenvalue weighted by Gasteiger charge is 2.13. The number of nitrogens with zero attached hydrogens (tertiary/aromatic N) is 3. The van der Waals surface area contributed by atoms with Gasteiger partial charge >= 0.3 is 6.03 Å². The van der Waals surface area contributed by atoms with Gasteiger partial charge in [-0.1, -0.05) is 30.3 Å². The molecular weight excluding hydrogens is 442 g/mol. The van der Waals surface area contributed by atoms with E-state index >= 15 is 0 Å². The van der Waals surface area contributed by atoms with E-state index in [1.54, 1.807) is 38.6 Å². The summed E-state index contributed by atoms with van der Waals surface area (Å²) in [6, 6.07) is 19.1. The summed E-state index contributed by atoms with van der Waals surface area (Å²) in [7, 11) is 3.19. The predicted molar refractivity (Wildman–Crippen MR) is 137 cm³/mol. The van der Waals surface area contributed by atoms with E-state index in [2.05, 4.69) is 37.7 Å². The summed E-state index contributed by atoms with van der Waals surface area (Å²) in [6.45, 7) is 2.00. The third-order valence-corrected chi connectivity index (χ3v) is 5.66. The van der Waals surface area contributed by atoms with E-state index in [1.807, 2.05) is 37.3 Å². The summed E-state index contributed by atoms with van der Waals surface area (Å²) < 4.78 is 10.8. The minimum atomic E-state index is -0.301. The van der Waals surface area contributed by atoms with E-state index in [4.69, 9.17) is 9.47 Å². The van der Waals surface area contributed by atoms with Crippen LogP contribution in [-0.2, 0) is 6.42 Å². The maximum absolute atomic E-state index is 12.5. The number of carbonyl (C=O) groups is 1. The number of methoxy groups -OCH3 is 2. The average Bonchev–Trinajstić information content (AvgIpc) is 2.88. The maximum Gasteiger partial charge on any atom is 0.320 e. The van der Waals surface area contributed by atoms with Crippen molar-refractivity contribution in [2.24, 2.45) is 0 Å². The number of pyridine rings is 1. The first-order chi connectivity index (χ1) is 17.1. The van der Waals surface area contributed by atoms with Crippen molar-refractivity contribution in [3.8, 4) is 22.8 Å². The third-order valence-electron chi connectivity index (χ3n) is 5.66. The Morgan fingerprint density at radius 3 is 2.60 bits per heavy atom. The Hall–Kier alpha value is -4.20. The normalized spacial score (nSPS) is 11.6. The van der Waals surface area contributed by atoms with Gasteiger partial charge in [-0.2, -0.15) is 0 Å². The lowest BCUT2D eigenvalue weighted by Crippen LogP contribution is -2.36. The Morgan fingerprint density at radius 2 is 1.83 bits per heavy atom. The average molecular weight is 472 g/mol. The van der Waals surface area contributed by atoms with Gasteiger partial charge in [0, 0.05) is 17.7 Å². The van der Waals surface area contributed by atoms with Gasteiger partial charge in [-0.3, -0.25) is 10.3 Å². The SMILES string of the molecule is COc1ccc(-c2cnc3ccc(NC(=O)NC(C)CCCc4ccccc4)nc3n2)c(OC)c1. The van der Waals surface area contributed by atoms with Crippen molar-refractivity contribution >= 4 is 23.0 Å². The number of rotatable bonds is 9. The van der Waals surface area contributed by atoms with Crippen LogP contribution in [0.15, 0.2) is 66.9 Å². The molecule has 2 amide bonds. The van der Waals surface area contributed by atoms with Gasteiger partial charge in [0.15, 0.2) is 5.65 Å². The van der Waals surface area contributed by atoms with Crippen LogP contribution < -0.4 is 20.1 Å². The second-order valence-electron chi connectivity index (χ2n) is 8.24. The molecule has 0 fully saturated rings. The molecule has 0 saturated carbocycles. The first kappa shape index (κ1) is 23.9. The number of benzene rings is 2. The largest absolute Gasteiger partial charge is 0.497 e. The molecule has 0 radical (unpaired) electrons. The van der Waals surface area contributed by atoms with E-state index in [0.29, 0.717) is 34.2 Å². The van der Waals surface area contributed by atoms with Crippen LogP contribution in [0.1, 0.15) is 25.3 Å². The molecule has 180 valence electrons. The highest BCUT2D eigenvalue weighted by molar-refractivity contribution is 5.89. The molecule has 2 aromatic heterocycles. The van der Waals surface area contributed by atoms with E-state index in [0.717, 1.165) is 24.8 Å². The quantitative estimate of drug-likeness (QED) is 0.346. The molecule has 1 atom stereocenters. The van der Waals surface area contributed by atoms with E-state index in [-0.39, 0.29) is 12.1 Å². The number of aryl methyl sites for hydroxylation is 1. The Labute approximate surface area is 204 Å². The smallest absolute Gasteiger partial charge is 0.320 e. The first-order valence-corrected chi connectivity index (χ1v) is 11.5. The lowest BCUT2D eigenvalue weighted by atomic mass is 10.1. The van der Waals surface area contributed by atoms with E-state index < -0.39 is 0 Å². The minimum Gasteiger partial charge on any atom is -0.497 e. The van der Waals surface area contributed by atoms with Gasteiger partial charge in [0.25, 0.3) is 0 Å². The van der Waals surface area contributed by atoms with Gasteiger partial charge in [-0.25, -0.2) is 14.8 Å². The summed E-state index contributed by atoms with van der Waals surface area (Å²) in [5.74, 6) is 1.71. The standard InChI is InChI=1S/C27H29N5O3/c1-18(8-7-11-19-9-5-4-6-10-19)29-27(33)32-25-15-14-22-26(31-25)30-23(17-28-22)21-13-12-20(34-2)16-24(21)35-3/h4-6,9-10,12-18H,7-8,11H2,1-3H3,(H2,29,30,31,32,33). The van der Waals surface area contributed by atoms with Crippen LogP contribution >= 0.6 is 0 Å². The van der Waals surface area contributed by atoms with Crippen molar-refractivity contribution in [2.45, 2.75) is 32.2 Å². The van der Waals surface area contributed by atoms with Gasteiger partial charge in [0.05, 0.1) is 26.1 Å². The first-order valence-electron chi connectivity index (χ1n) is 11.5.